The Morgan fingerprint density at radius 1 is 1.11 bits per heavy atom. The average Bonchev–Trinajstić information content (AvgIpc) is 2.65. The van der Waals surface area contributed by atoms with Crippen LogP contribution < -0.4 is 11.1 Å². The van der Waals surface area contributed by atoms with Crippen molar-refractivity contribution in [3.05, 3.63) is 49.1 Å². The van der Waals surface area contributed by atoms with Crippen LogP contribution in [0.1, 0.15) is 20.9 Å². The maximum atomic E-state index is 6.00. The summed E-state index contributed by atoms with van der Waals surface area (Å²) in [5.41, 5.74) is 8.53. The van der Waals surface area contributed by atoms with Gasteiger partial charge >= 0.3 is 0 Å². The molecule has 19 heavy (non-hydrogen) atoms. The summed E-state index contributed by atoms with van der Waals surface area (Å²) in [6.07, 6.45) is 0. The molecule has 0 saturated carbocycles. The SMILES string of the molecule is Cc1cc(CNCc2cc(Cl)c(N)c(Cl)c2)sc1C. The van der Waals surface area contributed by atoms with Crippen LogP contribution in [0.3, 0.4) is 0 Å². The van der Waals surface area contributed by atoms with E-state index in [2.05, 4.69) is 25.2 Å². The number of thiophene rings is 1. The molecule has 0 aliphatic heterocycles. The van der Waals surface area contributed by atoms with Crippen molar-refractivity contribution in [3.63, 3.8) is 0 Å². The van der Waals surface area contributed by atoms with Crippen molar-refractivity contribution in [2.75, 3.05) is 5.73 Å². The minimum Gasteiger partial charge on any atom is -0.396 e. The number of nitrogen functional groups attached to an aromatic ring is 1. The van der Waals surface area contributed by atoms with Crippen molar-refractivity contribution in [2.45, 2.75) is 26.9 Å². The molecule has 3 N–H and O–H groups in total. The van der Waals surface area contributed by atoms with Gasteiger partial charge in [0.05, 0.1) is 15.7 Å². The Bertz CT molecular complexity index is 551. The summed E-state index contributed by atoms with van der Waals surface area (Å²) >= 11 is 13.8. The van der Waals surface area contributed by atoms with Gasteiger partial charge in [-0.25, -0.2) is 0 Å². The van der Waals surface area contributed by atoms with Crippen molar-refractivity contribution >= 4 is 40.2 Å². The Balaban J connectivity index is 1.96. The van der Waals surface area contributed by atoms with Crippen LogP contribution in [0.25, 0.3) is 0 Å². The number of benzene rings is 1. The molecule has 1 aromatic carbocycles. The van der Waals surface area contributed by atoms with Gasteiger partial charge in [-0.1, -0.05) is 23.2 Å². The highest BCUT2D eigenvalue weighted by atomic mass is 35.5. The molecule has 0 spiro atoms. The minimum atomic E-state index is 0.441. The molecule has 2 rings (SSSR count). The monoisotopic (exact) mass is 314 g/mol. The van der Waals surface area contributed by atoms with Gasteiger partial charge in [-0.2, -0.15) is 0 Å². The van der Waals surface area contributed by atoms with Crippen LogP contribution in [0.5, 0.6) is 0 Å². The van der Waals surface area contributed by atoms with E-state index in [4.69, 9.17) is 28.9 Å². The van der Waals surface area contributed by atoms with Gasteiger partial charge in [0.2, 0.25) is 0 Å². The third-order valence-electron chi connectivity index (χ3n) is 2.98. The van der Waals surface area contributed by atoms with E-state index in [0.29, 0.717) is 15.7 Å². The zero-order valence-corrected chi connectivity index (χ0v) is 13.2. The molecule has 5 heteroatoms. The second kappa shape index (κ2) is 6.14. The molecule has 2 nitrogen and oxygen atoms in total. The van der Waals surface area contributed by atoms with Crippen LogP contribution in [0.2, 0.25) is 10.0 Å². The molecular formula is C14H16Cl2N2S. The van der Waals surface area contributed by atoms with Crippen molar-refractivity contribution < 1.29 is 0 Å². The van der Waals surface area contributed by atoms with Gasteiger partial charge in [0.1, 0.15) is 0 Å². The van der Waals surface area contributed by atoms with Gasteiger partial charge in [0.25, 0.3) is 0 Å². The summed E-state index contributed by atoms with van der Waals surface area (Å²) < 4.78 is 0. The number of hydrogen-bond donors (Lipinski definition) is 2. The topological polar surface area (TPSA) is 38.0 Å². The summed E-state index contributed by atoms with van der Waals surface area (Å²) in [5.74, 6) is 0. The fourth-order valence-electron chi connectivity index (χ4n) is 1.81. The summed E-state index contributed by atoms with van der Waals surface area (Å²) in [6.45, 7) is 5.84. The molecule has 1 heterocycles. The number of anilines is 1. The lowest BCUT2D eigenvalue weighted by Crippen LogP contribution is -2.12. The normalized spacial score (nSPS) is 10.9. The Labute approximate surface area is 127 Å². The van der Waals surface area contributed by atoms with E-state index < -0.39 is 0 Å². The molecule has 0 aliphatic carbocycles. The third-order valence-corrected chi connectivity index (χ3v) is 4.76. The first-order chi connectivity index (χ1) is 8.97. The summed E-state index contributed by atoms with van der Waals surface area (Å²) in [4.78, 5) is 2.71. The largest absolute Gasteiger partial charge is 0.396 e. The molecule has 2 aromatic rings. The molecule has 0 amide bonds. The lowest BCUT2D eigenvalue weighted by molar-refractivity contribution is 0.701. The molecular weight excluding hydrogens is 299 g/mol. The molecule has 0 aliphatic rings. The van der Waals surface area contributed by atoms with Crippen LogP contribution in [0, 0.1) is 13.8 Å². The van der Waals surface area contributed by atoms with Crippen molar-refractivity contribution in [3.8, 4) is 0 Å². The number of hydrogen-bond acceptors (Lipinski definition) is 3. The highest BCUT2D eigenvalue weighted by Gasteiger charge is 2.05. The highest BCUT2D eigenvalue weighted by Crippen LogP contribution is 2.28. The quantitative estimate of drug-likeness (QED) is 0.813. The number of nitrogens with one attached hydrogen (secondary N) is 1. The highest BCUT2D eigenvalue weighted by molar-refractivity contribution is 7.12. The molecule has 0 atom stereocenters. The zero-order chi connectivity index (χ0) is 14.0. The van der Waals surface area contributed by atoms with E-state index in [1.807, 2.05) is 23.5 Å². The first kappa shape index (κ1) is 14.7. The van der Waals surface area contributed by atoms with Gasteiger partial charge < -0.3 is 11.1 Å². The maximum Gasteiger partial charge on any atom is 0.0693 e. The van der Waals surface area contributed by atoms with E-state index in [9.17, 15) is 0 Å². The number of rotatable bonds is 4. The number of nitrogens with two attached hydrogens (primary N) is 1. The molecule has 1 aromatic heterocycles. The lowest BCUT2D eigenvalue weighted by atomic mass is 10.2. The fourth-order valence-corrected chi connectivity index (χ4v) is 3.36. The molecule has 0 bridgehead atoms. The van der Waals surface area contributed by atoms with Crippen LogP contribution in [0.4, 0.5) is 5.69 Å². The van der Waals surface area contributed by atoms with E-state index in [0.717, 1.165) is 18.7 Å². The lowest BCUT2D eigenvalue weighted by Gasteiger charge is -2.07. The maximum absolute atomic E-state index is 6.00. The zero-order valence-electron chi connectivity index (χ0n) is 10.9. The molecule has 0 fully saturated rings. The standard InChI is InChI=1S/C14H16Cl2N2S/c1-8-3-11(19-9(8)2)7-18-6-10-4-12(15)14(17)13(16)5-10/h3-5,18H,6-7,17H2,1-2H3. The molecule has 0 saturated heterocycles. The first-order valence-corrected chi connectivity index (χ1v) is 7.54. The fraction of sp³-hybridized carbons (Fsp3) is 0.286. The Kier molecular flexibility index (Phi) is 4.74. The van der Waals surface area contributed by atoms with Crippen LogP contribution in [-0.2, 0) is 13.1 Å². The summed E-state index contributed by atoms with van der Waals surface area (Å²) in [5, 5.41) is 4.40. The molecule has 0 unspecified atom stereocenters. The average molecular weight is 315 g/mol. The van der Waals surface area contributed by atoms with Crippen molar-refractivity contribution in [1.29, 1.82) is 0 Å². The second-order valence-corrected chi connectivity index (χ2v) is 6.68. The predicted molar refractivity (Wildman–Crippen MR) is 85.2 cm³/mol. The number of halogens is 2. The van der Waals surface area contributed by atoms with Gasteiger partial charge in [-0.15, -0.1) is 11.3 Å². The smallest absolute Gasteiger partial charge is 0.0693 e. The van der Waals surface area contributed by atoms with Crippen LogP contribution >= 0.6 is 34.5 Å². The third kappa shape index (κ3) is 3.63. The Morgan fingerprint density at radius 2 is 1.74 bits per heavy atom. The number of aryl methyl sites for hydroxylation is 2. The van der Waals surface area contributed by atoms with Gasteiger partial charge in [0, 0.05) is 22.8 Å². The summed E-state index contributed by atoms with van der Waals surface area (Å²) in [7, 11) is 0. The second-order valence-electron chi connectivity index (χ2n) is 4.53. The van der Waals surface area contributed by atoms with Gasteiger partial charge in [0.15, 0.2) is 0 Å². The molecule has 0 radical (unpaired) electrons. The van der Waals surface area contributed by atoms with Crippen molar-refractivity contribution in [2.24, 2.45) is 0 Å². The van der Waals surface area contributed by atoms with Gasteiger partial charge in [-0.3, -0.25) is 0 Å². The van der Waals surface area contributed by atoms with Crippen LogP contribution in [0.15, 0.2) is 18.2 Å². The van der Waals surface area contributed by atoms with E-state index in [1.165, 1.54) is 15.3 Å². The van der Waals surface area contributed by atoms with E-state index in [-0.39, 0.29) is 0 Å². The predicted octanol–water partition coefficient (Wildman–Crippen LogP) is 4.54. The van der Waals surface area contributed by atoms with E-state index in [1.54, 1.807) is 0 Å². The minimum absolute atomic E-state index is 0.441. The molecule has 102 valence electrons. The first-order valence-electron chi connectivity index (χ1n) is 5.97. The Hall–Kier alpha value is -0.740. The van der Waals surface area contributed by atoms with Crippen molar-refractivity contribution in [1.82, 2.24) is 5.32 Å². The van der Waals surface area contributed by atoms with Gasteiger partial charge in [-0.05, 0) is 43.2 Å². The van der Waals surface area contributed by atoms with E-state index >= 15 is 0 Å². The Morgan fingerprint density at radius 3 is 2.26 bits per heavy atom. The summed E-state index contributed by atoms with van der Waals surface area (Å²) in [6, 6.07) is 5.91. The van der Waals surface area contributed by atoms with Crippen LogP contribution in [-0.4, -0.2) is 0 Å².